The van der Waals surface area contributed by atoms with E-state index in [-0.39, 0.29) is 11.9 Å². The molecule has 2 aromatic carbocycles. The van der Waals surface area contributed by atoms with Crippen LogP contribution in [0, 0.1) is 0 Å². The molecule has 4 rings (SSSR count). The summed E-state index contributed by atoms with van der Waals surface area (Å²) in [6, 6.07) is 19.6. The van der Waals surface area contributed by atoms with Crippen LogP contribution in [0.15, 0.2) is 60.7 Å². The Morgan fingerprint density at radius 1 is 0.893 bits per heavy atom. The molecule has 2 fully saturated rings. The average Bonchev–Trinajstić information content (AvgIpc) is 3.00. The van der Waals surface area contributed by atoms with Crippen molar-refractivity contribution in [2.45, 2.75) is 18.9 Å². The lowest BCUT2D eigenvalue weighted by molar-refractivity contribution is -0.133. The van der Waals surface area contributed by atoms with Crippen LogP contribution in [0.1, 0.15) is 18.9 Å². The number of carbonyl (C=O) groups is 2. The lowest BCUT2D eigenvalue weighted by Crippen LogP contribution is -2.51. The molecule has 2 aliphatic rings. The standard InChI is InChI=1S/C22H26N4O2/c1-2-22(18-9-5-3-6-10-18)20(27)26(21(28)23-22)17-24-13-15-25(16-14-24)19-11-7-4-8-12-19/h3-12H,2,13-17H2,1H3,(H,23,28)/t22-/m0/s1. The van der Waals surface area contributed by atoms with Crippen molar-refractivity contribution in [1.82, 2.24) is 15.1 Å². The molecule has 0 unspecified atom stereocenters. The molecule has 0 bridgehead atoms. The molecule has 0 spiro atoms. The molecule has 146 valence electrons. The molecule has 6 heteroatoms. The molecule has 2 aliphatic heterocycles. The van der Waals surface area contributed by atoms with Crippen molar-refractivity contribution in [3.63, 3.8) is 0 Å². The van der Waals surface area contributed by atoms with E-state index < -0.39 is 5.54 Å². The largest absolute Gasteiger partial charge is 0.369 e. The van der Waals surface area contributed by atoms with E-state index in [0.29, 0.717) is 13.1 Å². The second-order valence-corrected chi connectivity index (χ2v) is 7.37. The number of nitrogens with zero attached hydrogens (tertiary/aromatic N) is 3. The minimum atomic E-state index is -0.954. The zero-order chi connectivity index (χ0) is 19.6. The van der Waals surface area contributed by atoms with E-state index in [0.717, 1.165) is 31.7 Å². The summed E-state index contributed by atoms with van der Waals surface area (Å²) in [6.45, 7) is 5.67. The number of rotatable bonds is 5. The van der Waals surface area contributed by atoms with Crippen LogP contribution < -0.4 is 10.2 Å². The number of carbonyl (C=O) groups excluding carboxylic acids is 2. The molecule has 1 atom stereocenters. The number of urea groups is 1. The van der Waals surface area contributed by atoms with E-state index in [4.69, 9.17) is 0 Å². The maximum atomic E-state index is 13.2. The van der Waals surface area contributed by atoms with Gasteiger partial charge in [0.1, 0.15) is 5.54 Å². The number of piperazine rings is 1. The van der Waals surface area contributed by atoms with E-state index in [1.165, 1.54) is 10.6 Å². The maximum Gasteiger partial charge on any atom is 0.326 e. The fourth-order valence-corrected chi connectivity index (χ4v) is 4.10. The third-order valence-electron chi connectivity index (χ3n) is 5.81. The van der Waals surface area contributed by atoms with Crippen LogP contribution in [0.3, 0.4) is 0 Å². The number of imide groups is 1. The average molecular weight is 378 g/mol. The van der Waals surface area contributed by atoms with Crippen molar-refractivity contribution >= 4 is 17.6 Å². The second-order valence-electron chi connectivity index (χ2n) is 7.37. The molecule has 0 aromatic heterocycles. The summed E-state index contributed by atoms with van der Waals surface area (Å²) in [7, 11) is 0. The SMILES string of the molecule is CC[C@@]1(c2ccccc2)NC(=O)N(CN2CCN(c3ccccc3)CC2)C1=O. The monoisotopic (exact) mass is 378 g/mol. The Bertz CT molecular complexity index is 834. The molecule has 2 aromatic rings. The smallest absolute Gasteiger partial charge is 0.326 e. The van der Waals surface area contributed by atoms with Gasteiger partial charge >= 0.3 is 6.03 Å². The fraction of sp³-hybridized carbons (Fsp3) is 0.364. The molecule has 0 aliphatic carbocycles. The van der Waals surface area contributed by atoms with E-state index in [2.05, 4.69) is 27.2 Å². The molecule has 28 heavy (non-hydrogen) atoms. The number of benzene rings is 2. The summed E-state index contributed by atoms with van der Waals surface area (Å²) in [6.07, 6.45) is 0.528. The third-order valence-corrected chi connectivity index (χ3v) is 5.81. The van der Waals surface area contributed by atoms with Crippen molar-refractivity contribution < 1.29 is 9.59 Å². The molecule has 2 heterocycles. The van der Waals surface area contributed by atoms with Gasteiger partial charge in [-0.15, -0.1) is 0 Å². The van der Waals surface area contributed by atoms with E-state index in [9.17, 15) is 9.59 Å². The predicted molar refractivity (Wildman–Crippen MR) is 109 cm³/mol. The molecule has 0 saturated carbocycles. The summed E-state index contributed by atoms with van der Waals surface area (Å²) >= 11 is 0. The zero-order valence-electron chi connectivity index (χ0n) is 16.2. The minimum absolute atomic E-state index is 0.156. The zero-order valence-corrected chi connectivity index (χ0v) is 16.2. The first-order valence-electron chi connectivity index (χ1n) is 9.86. The summed E-state index contributed by atoms with van der Waals surface area (Å²) in [5.41, 5.74) is 1.10. The van der Waals surface area contributed by atoms with Gasteiger partial charge in [0.25, 0.3) is 5.91 Å². The lowest BCUT2D eigenvalue weighted by atomic mass is 9.87. The minimum Gasteiger partial charge on any atom is -0.369 e. The van der Waals surface area contributed by atoms with Gasteiger partial charge in [-0.2, -0.15) is 0 Å². The van der Waals surface area contributed by atoms with Crippen molar-refractivity contribution in [1.29, 1.82) is 0 Å². The van der Waals surface area contributed by atoms with Crippen LogP contribution in [0.4, 0.5) is 10.5 Å². The topological polar surface area (TPSA) is 55.9 Å². The highest BCUT2D eigenvalue weighted by Gasteiger charge is 2.51. The van der Waals surface area contributed by atoms with Crippen LogP contribution in [-0.2, 0) is 10.3 Å². The van der Waals surface area contributed by atoms with E-state index in [1.807, 2.05) is 55.5 Å². The molecule has 1 N–H and O–H groups in total. The van der Waals surface area contributed by atoms with Gasteiger partial charge in [-0.25, -0.2) is 9.69 Å². The first kappa shape index (κ1) is 18.5. The number of hydrogen-bond acceptors (Lipinski definition) is 4. The third kappa shape index (κ3) is 3.24. The van der Waals surface area contributed by atoms with Crippen LogP contribution in [0.25, 0.3) is 0 Å². The Hall–Kier alpha value is -2.86. The van der Waals surface area contributed by atoms with Crippen molar-refractivity contribution in [2.75, 3.05) is 37.7 Å². The number of amides is 3. The van der Waals surface area contributed by atoms with Crippen LogP contribution in [0.2, 0.25) is 0 Å². The van der Waals surface area contributed by atoms with E-state index >= 15 is 0 Å². The van der Waals surface area contributed by atoms with Crippen LogP contribution in [0.5, 0.6) is 0 Å². The van der Waals surface area contributed by atoms with Gasteiger partial charge in [-0.1, -0.05) is 55.5 Å². The van der Waals surface area contributed by atoms with Crippen LogP contribution in [-0.4, -0.2) is 54.6 Å². The van der Waals surface area contributed by atoms with Crippen molar-refractivity contribution in [2.24, 2.45) is 0 Å². The van der Waals surface area contributed by atoms with Gasteiger partial charge in [-0.05, 0) is 24.1 Å². The summed E-state index contributed by atoms with van der Waals surface area (Å²) in [5, 5.41) is 2.96. The van der Waals surface area contributed by atoms with Gasteiger partial charge in [-0.3, -0.25) is 9.69 Å². The molecule has 2 saturated heterocycles. The van der Waals surface area contributed by atoms with Gasteiger partial charge < -0.3 is 10.2 Å². The number of hydrogen-bond donors (Lipinski definition) is 1. The van der Waals surface area contributed by atoms with Crippen molar-refractivity contribution in [3.8, 4) is 0 Å². The summed E-state index contributed by atoms with van der Waals surface area (Å²) in [5.74, 6) is -0.156. The summed E-state index contributed by atoms with van der Waals surface area (Å²) < 4.78 is 0. The highest BCUT2D eigenvalue weighted by molar-refractivity contribution is 6.07. The molecule has 3 amide bonds. The lowest BCUT2D eigenvalue weighted by Gasteiger charge is -2.37. The van der Waals surface area contributed by atoms with Gasteiger partial charge in [0, 0.05) is 31.9 Å². The Labute approximate surface area is 165 Å². The Morgan fingerprint density at radius 3 is 2.11 bits per heavy atom. The second kappa shape index (κ2) is 7.64. The number of anilines is 1. The highest BCUT2D eigenvalue weighted by atomic mass is 16.2. The van der Waals surface area contributed by atoms with Gasteiger partial charge in [0.2, 0.25) is 0 Å². The maximum absolute atomic E-state index is 13.2. The Kier molecular flexibility index (Phi) is 5.05. The van der Waals surface area contributed by atoms with Crippen molar-refractivity contribution in [3.05, 3.63) is 66.2 Å². The highest BCUT2D eigenvalue weighted by Crippen LogP contribution is 2.32. The van der Waals surface area contributed by atoms with E-state index in [1.54, 1.807) is 0 Å². The first-order valence-corrected chi connectivity index (χ1v) is 9.86. The molecular formula is C22H26N4O2. The fourth-order valence-electron chi connectivity index (χ4n) is 4.10. The summed E-state index contributed by atoms with van der Waals surface area (Å²) in [4.78, 5) is 31.8. The Morgan fingerprint density at radius 2 is 1.50 bits per heavy atom. The first-order chi connectivity index (χ1) is 13.6. The van der Waals surface area contributed by atoms with Crippen LogP contribution >= 0.6 is 0 Å². The van der Waals surface area contributed by atoms with Gasteiger partial charge in [0.05, 0.1) is 6.67 Å². The number of para-hydroxylation sites is 1. The quantitative estimate of drug-likeness (QED) is 0.813. The molecule has 6 nitrogen and oxygen atoms in total. The normalized spacial score (nSPS) is 23.2. The van der Waals surface area contributed by atoms with Gasteiger partial charge in [0.15, 0.2) is 0 Å². The Balaban J connectivity index is 1.43. The molecule has 0 radical (unpaired) electrons. The predicted octanol–water partition coefficient (Wildman–Crippen LogP) is 2.62. The number of nitrogens with one attached hydrogen (secondary N) is 1. The molecular weight excluding hydrogens is 352 g/mol.